The van der Waals surface area contributed by atoms with Gasteiger partial charge in [-0.3, -0.25) is 9.59 Å². The Morgan fingerprint density at radius 2 is 0.831 bits per heavy atom. The van der Waals surface area contributed by atoms with Gasteiger partial charge >= 0.3 is 17.9 Å². The first-order valence-electron chi connectivity index (χ1n) is 24.8. The van der Waals surface area contributed by atoms with E-state index < -0.39 is 18.2 Å². The second-order valence-corrected chi connectivity index (χ2v) is 17.2. The van der Waals surface area contributed by atoms with E-state index in [1.54, 1.807) is 0 Å². The highest BCUT2D eigenvalue weighted by molar-refractivity contribution is 5.71. The van der Waals surface area contributed by atoms with E-state index in [0.717, 1.165) is 25.7 Å². The summed E-state index contributed by atoms with van der Waals surface area (Å²) < 4.78 is 21.7. The summed E-state index contributed by atoms with van der Waals surface area (Å²) in [4.78, 5) is 33.1. The Morgan fingerprint density at radius 3 is 1.20 bits per heavy atom. The number of hydrogen-bond acceptors (Lipinski definition) is 9. The van der Waals surface area contributed by atoms with Crippen LogP contribution < -0.4 is 0 Å². The van der Waals surface area contributed by atoms with Crippen molar-refractivity contribution in [2.45, 2.75) is 277 Å². The zero-order valence-electron chi connectivity index (χ0n) is 38.7. The van der Waals surface area contributed by atoms with Crippen LogP contribution in [-0.2, 0) is 33.3 Å². The van der Waals surface area contributed by atoms with E-state index in [2.05, 4.69) is 20.8 Å². The minimum atomic E-state index is -1.23. The van der Waals surface area contributed by atoms with Crippen LogP contribution >= 0.6 is 0 Å². The molecule has 1 unspecified atom stereocenters. The lowest BCUT2D eigenvalue weighted by Gasteiger charge is -2.16. The molecule has 10 heteroatoms. The van der Waals surface area contributed by atoms with Crippen molar-refractivity contribution in [2.75, 3.05) is 19.8 Å². The van der Waals surface area contributed by atoms with Gasteiger partial charge in [-0.1, -0.05) is 207 Å². The summed E-state index contributed by atoms with van der Waals surface area (Å²) in [5.41, 5.74) is 0. The smallest absolute Gasteiger partial charge is 0.332 e. The summed E-state index contributed by atoms with van der Waals surface area (Å²) >= 11 is 0. The third-order valence-electron chi connectivity index (χ3n) is 11.4. The minimum absolute atomic E-state index is 0.0222. The molecule has 0 spiro atoms. The van der Waals surface area contributed by atoms with Gasteiger partial charge in [0.15, 0.2) is 6.10 Å². The van der Waals surface area contributed by atoms with Crippen LogP contribution in [-0.4, -0.2) is 83.6 Å². The van der Waals surface area contributed by atoms with Crippen LogP contribution in [0.4, 0.5) is 0 Å². The molecule has 2 fully saturated rings. The van der Waals surface area contributed by atoms with Gasteiger partial charge in [0.2, 0.25) is 0 Å². The number of unbranched alkanes of at least 4 members (excludes halogenated alkanes) is 29. The Morgan fingerprint density at radius 1 is 0.508 bits per heavy atom. The predicted molar refractivity (Wildman–Crippen MR) is 240 cm³/mol. The summed E-state index contributed by atoms with van der Waals surface area (Å²) in [7, 11) is 0. The summed E-state index contributed by atoms with van der Waals surface area (Å²) in [6.45, 7) is 9.21. The van der Waals surface area contributed by atoms with Crippen molar-refractivity contribution in [1.29, 1.82) is 0 Å². The van der Waals surface area contributed by atoms with E-state index >= 15 is 0 Å². The Bertz CT molecular complexity index is 944. The molecule has 0 radical (unpaired) electrons. The lowest BCUT2D eigenvalue weighted by Crippen LogP contribution is -2.34. The monoisotopic (exact) mass is 843 g/mol. The van der Waals surface area contributed by atoms with Crippen molar-refractivity contribution >= 4 is 17.9 Å². The fourth-order valence-corrected chi connectivity index (χ4v) is 7.49. The Hall–Kier alpha value is -1.75. The number of aliphatic hydroxyl groups excluding tert-OH is 2. The van der Waals surface area contributed by atoms with E-state index in [9.17, 15) is 19.5 Å². The average molecular weight is 843 g/mol. The number of fused-ring (bicyclic) bond motifs is 1. The molecule has 3 N–H and O–H groups in total. The molecule has 2 saturated heterocycles. The van der Waals surface area contributed by atoms with E-state index in [4.69, 9.17) is 29.2 Å². The van der Waals surface area contributed by atoms with Crippen LogP contribution in [0.25, 0.3) is 0 Å². The highest BCUT2D eigenvalue weighted by Crippen LogP contribution is 2.29. The molecule has 0 saturated carbocycles. The zero-order chi connectivity index (χ0) is 43.6. The second kappa shape index (κ2) is 42.9. The molecule has 2 aliphatic rings. The number of aliphatic hydroxyl groups is 2. The zero-order valence-corrected chi connectivity index (χ0v) is 38.7. The van der Waals surface area contributed by atoms with Gasteiger partial charge < -0.3 is 34.3 Å². The van der Waals surface area contributed by atoms with E-state index in [1.807, 2.05) is 0 Å². The number of ether oxygens (including phenoxy) is 4. The summed E-state index contributed by atoms with van der Waals surface area (Å²) in [5.74, 6) is -1.34. The Kier molecular flexibility index (Phi) is 41.6. The van der Waals surface area contributed by atoms with Gasteiger partial charge in [0.05, 0.1) is 19.8 Å². The minimum Gasteiger partial charge on any atom is -0.479 e. The second-order valence-electron chi connectivity index (χ2n) is 17.2. The number of carbonyl (C=O) groups excluding carboxylic acids is 2. The highest BCUT2D eigenvalue weighted by atomic mass is 16.6. The van der Waals surface area contributed by atoms with Gasteiger partial charge in [-0.25, -0.2) is 4.79 Å². The van der Waals surface area contributed by atoms with E-state index in [1.165, 1.54) is 187 Å². The fraction of sp³-hybridized carbons (Fsp3) is 0.939. The molecule has 0 aliphatic carbocycles. The number of aliphatic carboxylic acids is 1. The molecule has 2 rings (SSSR count). The number of esters is 2. The van der Waals surface area contributed by atoms with E-state index in [0.29, 0.717) is 26.1 Å². The lowest BCUT2D eigenvalue weighted by molar-refractivity contribution is -0.154. The van der Waals surface area contributed by atoms with Crippen LogP contribution in [0.1, 0.15) is 246 Å². The third-order valence-corrected chi connectivity index (χ3v) is 11.4. The van der Waals surface area contributed by atoms with Crippen molar-refractivity contribution in [1.82, 2.24) is 0 Å². The van der Waals surface area contributed by atoms with Gasteiger partial charge in [0, 0.05) is 12.8 Å². The molecule has 0 aromatic rings. The van der Waals surface area contributed by atoms with Crippen LogP contribution in [0.15, 0.2) is 0 Å². The first-order valence-corrected chi connectivity index (χ1v) is 24.8. The van der Waals surface area contributed by atoms with Crippen molar-refractivity contribution in [3.63, 3.8) is 0 Å². The van der Waals surface area contributed by atoms with Crippen molar-refractivity contribution in [3.05, 3.63) is 0 Å². The number of rotatable bonds is 37. The van der Waals surface area contributed by atoms with Crippen LogP contribution in [0.5, 0.6) is 0 Å². The summed E-state index contributed by atoms with van der Waals surface area (Å²) in [5, 5.41) is 25.4. The highest BCUT2D eigenvalue weighted by Gasteiger charge is 2.48. The quantitative estimate of drug-likeness (QED) is 0.0407. The summed E-state index contributed by atoms with van der Waals surface area (Å²) in [6, 6.07) is 0. The average Bonchev–Trinajstić information content (AvgIpc) is 3.80. The fourth-order valence-electron chi connectivity index (χ4n) is 7.49. The molecule has 59 heavy (non-hydrogen) atoms. The summed E-state index contributed by atoms with van der Waals surface area (Å²) in [6.07, 6.45) is 40.0. The van der Waals surface area contributed by atoms with Crippen LogP contribution in [0.2, 0.25) is 0 Å². The molecule has 0 amide bonds. The molecule has 2 aliphatic heterocycles. The van der Waals surface area contributed by atoms with E-state index in [-0.39, 0.29) is 36.9 Å². The number of hydrogen-bond donors (Lipinski definition) is 3. The van der Waals surface area contributed by atoms with Gasteiger partial charge in [0.1, 0.15) is 24.4 Å². The topological polar surface area (TPSA) is 149 Å². The number of carboxylic acid groups (broad SMARTS) is 1. The molecule has 2 heterocycles. The first kappa shape index (κ1) is 57.2. The maximum absolute atomic E-state index is 11.9. The lowest BCUT2D eigenvalue weighted by atomic mass is 10.1. The molecule has 0 bridgehead atoms. The molecule has 0 aromatic heterocycles. The Balaban J connectivity index is 0.00000102. The van der Waals surface area contributed by atoms with Gasteiger partial charge in [-0.05, 0) is 26.2 Å². The largest absolute Gasteiger partial charge is 0.479 e. The first-order chi connectivity index (χ1) is 28.7. The Labute approximate surface area is 362 Å². The molecule has 5 atom stereocenters. The van der Waals surface area contributed by atoms with Crippen molar-refractivity contribution in [2.24, 2.45) is 0 Å². The molecule has 10 nitrogen and oxygen atoms in total. The van der Waals surface area contributed by atoms with Crippen LogP contribution in [0, 0.1) is 0 Å². The van der Waals surface area contributed by atoms with Gasteiger partial charge in [-0.2, -0.15) is 0 Å². The maximum atomic E-state index is 11.9. The van der Waals surface area contributed by atoms with Crippen molar-refractivity contribution in [3.8, 4) is 0 Å². The number of carbonyl (C=O) groups is 3. The van der Waals surface area contributed by atoms with Gasteiger partial charge in [-0.15, -0.1) is 0 Å². The predicted octanol–water partition coefficient (Wildman–Crippen LogP) is 12.4. The van der Waals surface area contributed by atoms with Crippen LogP contribution in [0.3, 0.4) is 0 Å². The maximum Gasteiger partial charge on any atom is 0.332 e. The SMILES string of the molecule is CC(O)C(=O)O.CCCCCCCCCCCC(=O)O[C@H]1CO[C@H]2[C@@H]1OC[C@H]2O.CCCCCCCCCCCCCCOC(=O)CCCCCCCCCCCCC. The molecule has 0 aromatic carbocycles. The normalized spacial score (nSPS) is 18.6. The standard InChI is InChI=1S/C28H56O2.C18H32O5.C3H6O3/c1-3-5-7-9-11-13-15-17-19-21-23-25-27-30-28(29)26-24-22-20-18-16-14-12-10-8-6-4-2;1-2-3-4-5-6-7-8-9-10-11-16(20)23-15-13-22-17-14(19)12-21-18(15)17;1-2(4)3(5)6/h3-27H2,1-2H3;14-15,17-19H,2-13H2,1H3;2,4H,1H3,(H,5,6)/t;14-,15+,17-,18-;/m.1./s1. The van der Waals surface area contributed by atoms with Crippen molar-refractivity contribution < 1.29 is 48.7 Å². The number of carboxylic acids is 1. The molecular weight excluding hydrogens is 749 g/mol. The van der Waals surface area contributed by atoms with Gasteiger partial charge in [0.25, 0.3) is 0 Å². The molecule has 350 valence electrons. The molecular formula is C49H94O10. The third kappa shape index (κ3) is 36.6.